The topological polar surface area (TPSA) is 76.2 Å². The maximum absolute atomic E-state index is 10.5. The Morgan fingerprint density at radius 2 is 2.22 bits per heavy atom. The summed E-state index contributed by atoms with van der Waals surface area (Å²) in [5, 5.41) is 10.8. The van der Waals surface area contributed by atoms with Crippen LogP contribution in [0.1, 0.15) is 30.1 Å². The molecule has 0 spiro atoms. The van der Waals surface area contributed by atoms with Crippen molar-refractivity contribution in [3.05, 3.63) is 41.7 Å². The number of nitrogens with zero attached hydrogens (tertiary/aromatic N) is 1. The van der Waals surface area contributed by atoms with E-state index in [2.05, 4.69) is 4.98 Å². The van der Waals surface area contributed by atoms with Crippen LogP contribution >= 0.6 is 0 Å². The number of nitrogens with two attached hydrogens (primary N) is 1. The van der Waals surface area contributed by atoms with Crippen LogP contribution in [-0.2, 0) is 4.79 Å². The molecule has 4 nitrogen and oxygen atoms in total. The molecule has 0 fully saturated rings. The van der Waals surface area contributed by atoms with E-state index in [9.17, 15) is 4.79 Å². The number of aryl methyl sites for hydroxylation is 1. The average molecular weight is 244 g/mol. The molecule has 0 saturated carbocycles. The first-order valence-corrected chi connectivity index (χ1v) is 5.90. The van der Waals surface area contributed by atoms with E-state index < -0.39 is 5.97 Å². The van der Waals surface area contributed by atoms with Crippen molar-refractivity contribution in [3.8, 4) is 0 Å². The SMILES string of the molecule is Cc1nccc2cc(C(N)CCC(=O)O)ccc12. The second kappa shape index (κ2) is 5.14. The van der Waals surface area contributed by atoms with Gasteiger partial charge in [0.05, 0.1) is 0 Å². The summed E-state index contributed by atoms with van der Waals surface area (Å²) in [4.78, 5) is 14.8. The van der Waals surface area contributed by atoms with Gasteiger partial charge >= 0.3 is 5.97 Å². The number of aromatic nitrogens is 1. The predicted molar refractivity (Wildman–Crippen MR) is 70.3 cm³/mol. The van der Waals surface area contributed by atoms with E-state index in [1.54, 1.807) is 6.20 Å². The highest BCUT2D eigenvalue weighted by Crippen LogP contribution is 2.22. The molecular weight excluding hydrogens is 228 g/mol. The summed E-state index contributed by atoms with van der Waals surface area (Å²) < 4.78 is 0. The van der Waals surface area contributed by atoms with E-state index in [4.69, 9.17) is 10.8 Å². The number of hydrogen-bond acceptors (Lipinski definition) is 3. The Labute approximate surface area is 105 Å². The molecule has 2 aromatic rings. The largest absolute Gasteiger partial charge is 0.481 e. The van der Waals surface area contributed by atoms with E-state index in [0.29, 0.717) is 6.42 Å². The van der Waals surface area contributed by atoms with Crippen molar-refractivity contribution in [2.45, 2.75) is 25.8 Å². The van der Waals surface area contributed by atoms with Gasteiger partial charge in [-0.05, 0) is 36.4 Å². The molecule has 1 aromatic carbocycles. The minimum Gasteiger partial charge on any atom is -0.481 e. The summed E-state index contributed by atoms with van der Waals surface area (Å²) in [6, 6.07) is 7.66. The van der Waals surface area contributed by atoms with E-state index in [0.717, 1.165) is 22.0 Å². The highest BCUT2D eigenvalue weighted by atomic mass is 16.4. The van der Waals surface area contributed by atoms with Crippen LogP contribution in [-0.4, -0.2) is 16.1 Å². The molecule has 0 radical (unpaired) electrons. The lowest BCUT2D eigenvalue weighted by atomic mass is 9.99. The summed E-state index contributed by atoms with van der Waals surface area (Å²) >= 11 is 0. The molecule has 1 atom stereocenters. The standard InChI is InChI=1S/C14H16N2O2/c1-9-12-3-2-11(8-10(12)6-7-16-9)13(15)4-5-14(17)18/h2-3,6-8,13H,4-5,15H2,1H3,(H,17,18). The van der Waals surface area contributed by atoms with Crippen LogP contribution in [0.4, 0.5) is 0 Å². The van der Waals surface area contributed by atoms with Gasteiger partial charge in [0, 0.05) is 29.7 Å². The number of carboxylic acid groups (broad SMARTS) is 1. The number of carboxylic acids is 1. The number of fused-ring (bicyclic) bond motifs is 1. The first kappa shape index (κ1) is 12.5. The lowest BCUT2D eigenvalue weighted by Crippen LogP contribution is -2.12. The van der Waals surface area contributed by atoms with E-state index in [1.165, 1.54) is 0 Å². The number of pyridine rings is 1. The van der Waals surface area contributed by atoms with Gasteiger partial charge in [-0.1, -0.05) is 12.1 Å². The first-order valence-electron chi connectivity index (χ1n) is 5.90. The zero-order valence-corrected chi connectivity index (χ0v) is 10.3. The molecule has 0 aliphatic heterocycles. The third-order valence-corrected chi connectivity index (χ3v) is 3.09. The van der Waals surface area contributed by atoms with Gasteiger partial charge in [0.2, 0.25) is 0 Å². The maximum Gasteiger partial charge on any atom is 0.303 e. The van der Waals surface area contributed by atoms with Gasteiger partial charge in [-0.15, -0.1) is 0 Å². The van der Waals surface area contributed by atoms with Crippen LogP contribution < -0.4 is 5.73 Å². The van der Waals surface area contributed by atoms with Crippen molar-refractivity contribution in [3.63, 3.8) is 0 Å². The second-order valence-electron chi connectivity index (χ2n) is 4.42. The van der Waals surface area contributed by atoms with Crippen molar-refractivity contribution in [2.24, 2.45) is 5.73 Å². The fourth-order valence-corrected chi connectivity index (χ4v) is 2.02. The summed E-state index contributed by atoms with van der Waals surface area (Å²) in [7, 11) is 0. The lowest BCUT2D eigenvalue weighted by Gasteiger charge is -2.12. The Hall–Kier alpha value is -1.94. The van der Waals surface area contributed by atoms with Crippen molar-refractivity contribution in [2.75, 3.05) is 0 Å². The predicted octanol–water partition coefficient (Wildman–Crippen LogP) is 2.41. The molecule has 1 aromatic heterocycles. The van der Waals surface area contributed by atoms with Gasteiger partial charge in [-0.3, -0.25) is 9.78 Å². The molecule has 94 valence electrons. The zero-order chi connectivity index (χ0) is 13.1. The van der Waals surface area contributed by atoms with Crippen LogP contribution in [0.5, 0.6) is 0 Å². The van der Waals surface area contributed by atoms with Gasteiger partial charge in [0.15, 0.2) is 0 Å². The lowest BCUT2D eigenvalue weighted by molar-refractivity contribution is -0.137. The quantitative estimate of drug-likeness (QED) is 0.865. The van der Waals surface area contributed by atoms with Crippen LogP contribution in [0.25, 0.3) is 10.8 Å². The summed E-state index contributed by atoms with van der Waals surface area (Å²) in [6.45, 7) is 1.96. The van der Waals surface area contributed by atoms with Gasteiger partial charge in [0.25, 0.3) is 0 Å². The number of hydrogen-bond donors (Lipinski definition) is 2. The first-order chi connectivity index (χ1) is 8.58. The molecule has 0 amide bonds. The third-order valence-electron chi connectivity index (χ3n) is 3.09. The van der Waals surface area contributed by atoms with Crippen molar-refractivity contribution >= 4 is 16.7 Å². The van der Waals surface area contributed by atoms with Crippen LogP contribution in [0, 0.1) is 6.92 Å². The van der Waals surface area contributed by atoms with Crippen molar-refractivity contribution < 1.29 is 9.90 Å². The third kappa shape index (κ3) is 2.65. The minimum absolute atomic E-state index is 0.0918. The summed E-state index contributed by atoms with van der Waals surface area (Å²) in [5.41, 5.74) is 7.94. The molecule has 0 aliphatic carbocycles. The summed E-state index contributed by atoms with van der Waals surface area (Å²) in [5.74, 6) is -0.814. The molecule has 0 aliphatic rings. The fraction of sp³-hybridized carbons (Fsp3) is 0.286. The number of aliphatic carboxylic acids is 1. The monoisotopic (exact) mass is 244 g/mol. The van der Waals surface area contributed by atoms with Gasteiger partial charge in [-0.2, -0.15) is 0 Å². The normalized spacial score (nSPS) is 12.6. The number of benzene rings is 1. The molecule has 0 saturated heterocycles. The smallest absolute Gasteiger partial charge is 0.303 e. The molecule has 18 heavy (non-hydrogen) atoms. The van der Waals surface area contributed by atoms with E-state index >= 15 is 0 Å². The van der Waals surface area contributed by atoms with E-state index in [-0.39, 0.29) is 12.5 Å². The molecular formula is C14H16N2O2. The summed E-state index contributed by atoms with van der Waals surface area (Å²) in [6.07, 6.45) is 2.31. The molecule has 1 heterocycles. The Kier molecular flexibility index (Phi) is 3.58. The fourth-order valence-electron chi connectivity index (χ4n) is 2.02. The molecule has 1 unspecified atom stereocenters. The molecule has 4 heteroatoms. The average Bonchev–Trinajstić information content (AvgIpc) is 2.35. The van der Waals surface area contributed by atoms with Gasteiger partial charge < -0.3 is 10.8 Å². The Bertz CT molecular complexity index is 581. The highest BCUT2D eigenvalue weighted by Gasteiger charge is 2.09. The number of rotatable bonds is 4. The Balaban J connectivity index is 2.27. The molecule has 0 bridgehead atoms. The molecule has 3 N–H and O–H groups in total. The second-order valence-corrected chi connectivity index (χ2v) is 4.42. The highest BCUT2D eigenvalue weighted by molar-refractivity contribution is 5.84. The van der Waals surface area contributed by atoms with Crippen molar-refractivity contribution in [1.29, 1.82) is 0 Å². The molecule has 2 rings (SSSR count). The van der Waals surface area contributed by atoms with Gasteiger partial charge in [-0.25, -0.2) is 0 Å². The number of carbonyl (C=O) groups is 1. The van der Waals surface area contributed by atoms with E-state index in [1.807, 2.05) is 31.2 Å². The zero-order valence-electron chi connectivity index (χ0n) is 10.3. The van der Waals surface area contributed by atoms with Crippen LogP contribution in [0.15, 0.2) is 30.5 Å². The van der Waals surface area contributed by atoms with Gasteiger partial charge in [0.1, 0.15) is 0 Å². The maximum atomic E-state index is 10.5. The van der Waals surface area contributed by atoms with Crippen LogP contribution in [0.3, 0.4) is 0 Å². The Morgan fingerprint density at radius 1 is 1.44 bits per heavy atom. The Morgan fingerprint density at radius 3 is 2.94 bits per heavy atom. The van der Waals surface area contributed by atoms with Crippen molar-refractivity contribution in [1.82, 2.24) is 4.98 Å². The minimum atomic E-state index is -0.814. The van der Waals surface area contributed by atoms with Crippen LogP contribution in [0.2, 0.25) is 0 Å².